The van der Waals surface area contributed by atoms with Gasteiger partial charge in [-0.1, -0.05) is 32.0 Å². The van der Waals surface area contributed by atoms with Crippen LogP contribution in [0.5, 0.6) is 0 Å². The van der Waals surface area contributed by atoms with Gasteiger partial charge in [0.15, 0.2) is 0 Å². The van der Waals surface area contributed by atoms with Gasteiger partial charge in [-0.3, -0.25) is 9.69 Å². The number of amides is 1. The van der Waals surface area contributed by atoms with E-state index in [1.165, 1.54) is 10.5 Å². The van der Waals surface area contributed by atoms with Crippen LogP contribution in [0.2, 0.25) is 0 Å². The van der Waals surface area contributed by atoms with Crippen molar-refractivity contribution in [1.29, 1.82) is 0 Å². The van der Waals surface area contributed by atoms with Crippen LogP contribution < -0.4 is 5.32 Å². The van der Waals surface area contributed by atoms with Gasteiger partial charge in [0.05, 0.1) is 18.0 Å². The highest BCUT2D eigenvalue weighted by Crippen LogP contribution is 2.36. The second-order valence-corrected chi connectivity index (χ2v) is 8.05. The lowest BCUT2D eigenvalue weighted by Gasteiger charge is -2.34. The summed E-state index contributed by atoms with van der Waals surface area (Å²) in [7, 11) is 0. The average molecular weight is 334 g/mol. The number of rotatable bonds is 5. The van der Waals surface area contributed by atoms with Crippen molar-refractivity contribution in [3.8, 4) is 0 Å². The summed E-state index contributed by atoms with van der Waals surface area (Å²) in [6.07, 6.45) is 0.942. The largest absolute Gasteiger partial charge is 0.374 e. The normalized spacial score (nSPS) is 24.7. The molecule has 0 bridgehead atoms. The van der Waals surface area contributed by atoms with E-state index in [2.05, 4.69) is 36.2 Å². The first-order valence-electron chi connectivity index (χ1n) is 8.48. The van der Waals surface area contributed by atoms with Crippen LogP contribution in [0, 0.1) is 5.92 Å². The number of ether oxygens (including phenoxy) is 1. The van der Waals surface area contributed by atoms with Crippen LogP contribution >= 0.6 is 11.8 Å². The van der Waals surface area contributed by atoms with Gasteiger partial charge in [0.1, 0.15) is 0 Å². The number of carbonyl (C=O) groups is 1. The average Bonchev–Trinajstić information content (AvgIpc) is 2.96. The molecule has 4 nitrogen and oxygen atoms in total. The van der Waals surface area contributed by atoms with Gasteiger partial charge in [0, 0.05) is 31.1 Å². The maximum atomic E-state index is 12.4. The smallest absolute Gasteiger partial charge is 0.233 e. The van der Waals surface area contributed by atoms with E-state index in [-0.39, 0.29) is 17.3 Å². The summed E-state index contributed by atoms with van der Waals surface area (Å²) < 4.78 is 5.80. The molecule has 0 radical (unpaired) electrons. The minimum absolute atomic E-state index is 0.00255. The topological polar surface area (TPSA) is 41.6 Å². The van der Waals surface area contributed by atoms with Crippen LogP contribution in [0.4, 0.5) is 0 Å². The lowest BCUT2D eigenvalue weighted by atomic mass is 10.1. The van der Waals surface area contributed by atoms with Crippen LogP contribution in [0.25, 0.3) is 0 Å². The number of morpholine rings is 1. The first-order valence-corrected chi connectivity index (χ1v) is 9.36. The molecule has 1 aromatic rings. The highest BCUT2D eigenvalue weighted by Gasteiger charge is 2.29. The maximum absolute atomic E-state index is 12.4. The molecule has 1 aromatic carbocycles. The molecule has 23 heavy (non-hydrogen) atoms. The van der Waals surface area contributed by atoms with Crippen molar-refractivity contribution in [2.45, 2.75) is 36.5 Å². The fourth-order valence-corrected chi connectivity index (χ4v) is 4.46. The summed E-state index contributed by atoms with van der Waals surface area (Å²) in [5, 5.41) is 3.09. The molecule has 126 valence electrons. The van der Waals surface area contributed by atoms with Crippen molar-refractivity contribution in [2.24, 2.45) is 5.92 Å². The number of nitrogens with one attached hydrogen (secondary N) is 1. The van der Waals surface area contributed by atoms with E-state index >= 15 is 0 Å². The van der Waals surface area contributed by atoms with Gasteiger partial charge in [-0.25, -0.2) is 0 Å². The Kier molecular flexibility index (Phi) is 5.62. The lowest BCUT2D eigenvalue weighted by molar-refractivity contribution is -0.121. The molecule has 1 fully saturated rings. The van der Waals surface area contributed by atoms with Crippen molar-refractivity contribution in [2.75, 3.05) is 32.8 Å². The lowest BCUT2D eigenvalue weighted by Crippen LogP contribution is -2.49. The summed E-state index contributed by atoms with van der Waals surface area (Å²) in [6, 6.07) is 8.29. The van der Waals surface area contributed by atoms with Gasteiger partial charge in [-0.15, -0.1) is 11.8 Å². The molecule has 1 saturated heterocycles. The summed E-state index contributed by atoms with van der Waals surface area (Å²) in [5.74, 6) is 0.799. The fraction of sp³-hybridized carbons (Fsp3) is 0.611. The molecule has 5 heteroatoms. The third kappa shape index (κ3) is 4.49. The zero-order valence-electron chi connectivity index (χ0n) is 14.0. The molecule has 0 spiro atoms. The number of benzene rings is 1. The van der Waals surface area contributed by atoms with Crippen LogP contribution in [0.3, 0.4) is 0 Å². The molecule has 2 unspecified atom stereocenters. The van der Waals surface area contributed by atoms with Crippen molar-refractivity contribution in [3.63, 3.8) is 0 Å². The van der Waals surface area contributed by atoms with Crippen molar-refractivity contribution in [3.05, 3.63) is 29.8 Å². The van der Waals surface area contributed by atoms with Crippen LogP contribution in [-0.4, -0.2) is 54.9 Å². The van der Waals surface area contributed by atoms with E-state index in [1.54, 1.807) is 11.8 Å². The molecule has 1 N–H and O–H groups in total. The Morgan fingerprint density at radius 3 is 3.04 bits per heavy atom. The Hall–Kier alpha value is -1.04. The zero-order chi connectivity index (χ0) is 16.2. The number of thioether (sulfide) groups is 1. The summed E-state index contributed by atoms with van der Waals surface area (Å²) >= 11 is 1.68. The van der Waals surface area contributed by atoms with E-state index in [1.807, 2.05) is 12.1 Å². The van der Waals surface area contributed by atoms with E-state index in [4.69, 9.17) is 4.74 Å². The minimum Gasteiger partial charge on any atom is -0.374 e. The third-order valence-electron chi connectivity index (χ3n) is 4.29. The summed E-state index contributed by atoms with van der Waals surface area (Å²) in [4.78, 5) is 16.1. The van der Waals surface area contributed by atoms with E-state index < -0.39 is 0 Å². The van der Waals surface area contributed by atoms with E-state index in [0.717, 1.165) is 32.7 Å². The van der Waals surface area contributed by atoms with Crippen LogP contribution in [0.1, 0.15) is 19.4 Å². The van der Waals surface area contributed by atoms with Gasteiger partial charge in [0.25, 0.3) is 0 Å². The monoisotopic (exact) mass is 334 g/mol. The molecule has 3 rings (SSSR count). The third-order valence-corrected chi connectivity index (χ3v) is 5.61. The molecule has 0 aliphatic carbocycles. The van der Waals surface area contributed by atoms with Crippen molar-refractivity contribution in [1.82, 2.24) is 10.2 Å². The zero-order valence-corrected chi connectivity index (χ0v) is 14.8. The summed E-state index contributed by atoms with van der Waals surface area (Å²) in [6.45, 7) is 8.86. The maximum Gasteiger partial charge on any atom is 0.233 e. The van der Waals surface area contributed by atoms with Gasteiger partial charge < -0.3 is 10.1 Å². The molecular formula is C18H26N2O2S. The van der Waals surface area contributed by atoms with Gasteiger partial charge in [-0.2, -0.15) is 0 Å². The molecule has 0 aromatic heterocycles. The number of nitrogens with zero attached hydrogens (tertiary/aromatic N) is 1. The Labute approximate surface area is 143 Å². The highest BCUT2D eigenvalue weighted by atomic mass is 32.2. The highest BCUT2D eigenvalue weighted by molar-refractivity contribution is 8.01. The minimum atomic E-state index is 0.00255. The van der Waals surface area contributed by atoms with Crippen LogP contribution in [-0.2, 0) is 16.0 Å². The molecule has 2 aliphatic rings. The molecular weight excluding hydrogens is 308 g/mol. The molecule has 0 saturated carbocycles. The molecule has 1 amide bonds. The van der Waals surface area contributed by atoms with Crippen molar-refractivity contribution < 1.29 is 9.53 Å². The summed E-state index contributed by atoms with van der Waals surface area (Å²) in [5.41, 5.74) is 1.29. The van der Waals surface area contributed by atoms with Gasteiger partial charge >= 0.3 is 0 Å². The number of hydrogen-bond acceptors (Lipinski definition) is 4. The Morgan fingerprint density at radius 2 is 2.26 bits per heavy atom. The van der Waals surface area contributed by atoms with E-state index in [9.17, 15) is 4.79 Å². The number of carbonyl (C=O) groups excluding carboxylic acids is 1. The predicted molar refractivity (Wildman–Crippen MR) is 93.8 cm³/mol. The second kappa shape index (κ2) is 7.69. The second-order valence-electron chi connectivity index (χ2n) is 6.81. The predicted octanol–water partition coefficient (Wildman–Crippen LogP) is 2.18. The standard InChI is InChI=1S/C18H26N2O2S/c1-13(2)11-20-7-8-22-15(12-20)10-19-18(21)17-9-14-5-3-4-6-16(14)23-17/h3-6,13,15,17H,7-12H2,1-2H3,(H,19,21). The fourth-order valence-electron chi connectivity index (χ4n) is 3.24. The molecule has 2 atom stereocenters. The van der Waals surface area contributed by atoms with Crippen molar-refractivity contribution >= 4 is 17.7 Å². The molecule has 2 aliphatic heterocycles. The number of fused-ring (bicyclic) bond motifs is 1. The first kappa shape index (κ1) is 16.8. The Bertz CT molecular complexity index is 525. The Morgan fingerprint density at radius 1 is 1.43 bits per heavy atom. The van der Waals surface area contributed by atoms with E-state index in [0.29, 0.717) is 12.5 Å². The first-order chi connectivity index (χ1) is 11.1. The SMILES string of the molecule is CC(C)CN1CCOC(CNC(=O)C2Cc3ccccc3S2)C1. The van der Waals surface area contributed by atoms with Gasteiger partial charge in [-0.05, 0) is 24.0 Å². The quantitative estimate of drug-likeness (QED) is 0.896. The number of hydrogen-bond donors (Lipinski definition) is 1. The van der Waals surface area contributed by atoms with Gasteiger partial charge in [0.2, 0.25) is 5.91 Å². The van der Waals surface area contributed by atoms with Crippen LogP contribution in [0.15, 0.2) is 29.2 Å². The Balaban J connectivity index is 1.45. The molecule has 2 heterocycles.